The zero-order chi connectivity index (χ0) is 22.4. The van der Waals surface area contributed by atoms with Crippen LogP contribution >= 0.6 is 11.3 Å². The van der Waals surface area contributed by atoms with E-state index in [4.69, 9.17) is 4.74 Å². The Kier molecular flexibility index (Phi) is 7.48. The molecular formula is C24H27N3O3S. The molecule has 0 atom stereocenters. The number of ether oxygens (including phenoxy) is 1. The van der Waals surface area contributed by atoms with Gasteiger partial charge >= 0.3 is 5.97 Å². The number of fused-ring (bicyclic) bond motifs is 1. The van der Waals surface area contributed by atoms with Gasteiger partial charge in [-0.05, 0) is 68.9 Å². The van der Waals surface area contributed by atoms with Gasteiger partial charge in [-0.2, -0.15) is 5.26 Å². The number of amides is 1. The Labute approximate surface area is 187 Å². The van der Waals surface area contributed by atoms with Crippen LogP contribution in [0.15, 0.2) is 29.8 Å². The summed E-state index contributed by atoms with van der Waals surface area (Å²) in [6.07, 6.45) is 5.32. The summed E-state index contributed by atoms with van der Waals surface area (Å²) in [6, 6.07) is 9.72. The van der Waals surface area contributed by atoms with E-state index in [1.165, 1.54) is 18.4 Å². The number of carbonyl (C=O) groups is 2. The van der Waals surface area contributed by atoms with Crippen LogP contribution in [0.2, 0.25) is 0 Å². The minimum Gasteiger partial charge on any atom is -0.465 e. The molecule has 1 N–H and O–H groups in total. The molecule has 0 unspecified atom stereocenters. The normalized spacial score (nSPS) is 13.2. The van der Waals surface area contributed by atoms with Gasteiger partial charge < -0.3 is 15.0 Å². The molecule has 3 rings (SSSR count). The molecule has 6 nitrogen and oxygen atoms in total. The summed E-state index contributed by atoms with van der Waals surface area (Å²) in [7, 11) is 1.34. The molecule has 1 aliphatic rings. The van der Waals surface area contributed by atoms with Crippen molar-refractivity contribution in [2.45, 2.75) is 39.5 Å². The molecule has 162 valence electrons. The molecule has 0 saturated heterocycles. The molecule has 0 radical (unpaired) electrons. The molecule has 31 heavy (non-hydrogen) atoms. The highest BCUT2D eigenvalue weighted by molar-refractivity contribution is 7.17. The minimum atomic E-state index is -0.529. The first-order valence-electron chi connectivity index (χ1n) is 10.5. The number of esters is 1. The van der Waals surface area contributed by atoms with Crippen molar-refractivity contribution >= 4 is 40.0 Å². The molecule has 1 heterocycles. The number of benzene rings is 1. The second-order valence-corrected chi connectivity index (χ2v) is 8.40. The smallest absolute Gasteiger partial charge is 0.341 e. The molecule has 0 aliphatic heterocycles. The van der Waals surface area contributed by atoms with Gasteiger partial charge in [0.2, 0.25) is 0 Å². The third-order valence-electron chi connectivity index (χ3n) is 5.49. The summed E-state index contributed by atoms with van der Waals surface area (Å²) in [5.41, 5.74) is 3.24. The average Bonchev–Trinajstić information content (AvgIpc) is 3.16. The highest BCUT2D eigenvalue weighted by Gasteiger charge is 2.27. The lowest BCUT2D eigenvalue weighted by Crippen LogP contribution is -2.21. The maximum atomic E-state index is 12.8. The SMILES string of the molecule is CCN(CC)c1ccc(/C=C(\C#N)C(=O)Nc2sc3c(c2C(=O)OC)CCCC3)cc1. The summed E-state index contributed by atoms with van der Waals surface area (Å²) in [5.74, 6) is -0.983. The van der Waals surface area contributed by atoms with E-state index in [-0.39, 0.29) is 5.57 Å². The number of thiophene rings is 1. The fourth-order valence-electron chi connectivity index (χ4n) is 3.83. The molecule has 1 aromatic heterocycles. The topological polar surface area (TPSA) is 82.4 Å². The van der Waals surface area contributed by atoms with E-state index in [1.807, 2.05) is 30.3 Å². The number of nitrogens with zero attached hydrogens (tertiary/aromatic N) is 2. The first-order valence-corrected chi connectivity index (χ1v) is 11.3. The summed E-state index contributed by atoms with van der Waals surface area (Å²) >= 11 is 1.40. The van der Waals surface area contributed by atoms with E-state index >= 15 is 0 Å². The number of nitriles is 1. The highest BCUT2D eigenvalue weighted by Crippen LogP contribution is 2.38. The molecule has 1 amide bonds. The number of aryl methyl sites for hydroxylation is 1. The Bertz CT molecular complexity index is 1030. The largest absolute Gasteiger partial charge is 0.465 e. The number of hydrogen-bond donors (Lipinski definition) is 1. The van der Waals surface area contributed by atoms with Crippen LogP contribution in [0.25, 0.3) is 6.08 Å². The zero-order valence-electron chi connectivity index (χ0n) is 18.2. The predicted molar refractivity (Wildman–Crippen MR) is 125 cm³/mol. The number of methoxy groups -OCH3 is 1. The lowest BCUT2D eigenvalue weighted by molar-refractivity contribution is -0.112. The molecule has 1 aromatic carbocycles. The number of hydrogen-bond acceptors (Lipinski definition) is 6. The van der Waals surface area contributed by atoms with Crippen LogP contribution in [-0.4, -0.2) is 32.1 Å². The second-order valence-electron chi connectivity index (χ2n) is 7.29. The van der Waals surface area contributed by atoms with Crippen LogP contribution < -0.4 is 10.2 Å². The maximum absolute atomic E-state index is 12.8. The van der Waals surface area contributed by atoms with Crippen LogP contribution in [0.1, 0.15) is 53.1 Å². The van der Waals surface area contributed by atoms with E-state index in [1.54, 1.807) is 6.08 Å². The van der Waals surface area contributed by atoms with Gasteiger partial charge in [-0.25, -0.2) is 4.79 Å². The molecule has 0 saturated carbocycles. The lowest BCUT2D eigenvalue weighted by Gasteiger charge is -2.20. The Hall–Kier alpha value is -3.11. The summed E-state index contributed by atoms with van der Waals surface area (Å²) in [4.78, 5) is 28.5. The fraction of sp³-hybridized carbons (Fsp3) is 0.375. The van der Waals surface area contributed by atoms with Crippen molar-refractivity contribution in [2.24, 2.45) is 0 Å². The first kappa shape index (κ1) is 22.6. The standard InChI is InChI=1S/C24H27N3O3S/c1-4-27(5-2)18-12-10-16(11-13-18)14-17(15-25)22(28)26-23-21(24(29)30-3)19-8-6-7-9-20(19)31-23/h10-14H,4-9H2,1-3H3,(H,26,28)/b17-14+. The monoisotopic (exact) mass is 437 g/mol. The van der Waals surface area contributed by atoms with E-state index < -0.39 is 11.9 Å². The van der Waals surface area contributed by atoms with Crippen molar-refractivity contribution < 1.29 is 14.3 Å². The van der Waals surface area contributed by atoms with Crippen LogP contribution in [0.4, 0.5) is 10.7 Å². The lowest BCUT2D eigenvalue weighted by atomic mass is 9.95. The quantitative estimate of drug-likeness (QED) is 0.382. The maximum Gasteiger partial charge on any atom is 0.341 e. The Balaban J connectivity index is 1.84. The molecule has 0 fully saturated rings. The Morgan fingerprint density at radius 1 is 1.19 bits per heavy atom. The van der Waals surface area contributed by atoms with Crippen LogP contribution in [0, 0.1) is 11.3 Å². The summed E-state index contributed by atoms with van der Waals surface area (Å²) < 4.78 is 4.95. The Morgan fingerprint density at radius 2 is 1.87 bits per heavy atom. The molecular weight excluding hydrogens is 410 g/mol. The van der Waals surface area contributed by atoms with E-state index in [0.717, 1.165) is 60.5 Å². The highest BCUT2D eigenvalue weighted by atomic mass is 32.1. The van der Waals surface area contributed by atoms with Gasteiger partial charge in [0.15, 0.2) is 0 Å². The van der Waals surface area contributed by atoms with Gasteiger partial charge in [-0.1, -0.05) is 12.1 Å². The van der Waals surface area contributed by atoms with Gasteiger partial charge in [0.1, 0.15) is 16.6 Å². The van der Waals surface area contributed by atoms with E-state index in [9.17, 15) is 14.9 Å². The van der Waals surface area contributed by atoms with Crippen molar-refractivity contribution in [3.63, 3.8) is 0 Å². The number of rotatable bonds is 7. The van der Waals surface area contributed by atoms with Gasteiger partial charge in [0.25, 0.3) is 5.91 Å². The summed E-state index contributed by atoms with van der Waals surface area (Å²) in [6.45, 7) is 6.01. The van der Waals surface area contributed by atoms with Crippen molar-refractivity contribution in [1.29, 1.82) is 5.26 Å². The third kappa shape index (κ3) is 4.97. The molecule has 0 bridgehead atoms. The zero-order valence-corrected chi connectivity index (χ0v) is 19.0. The van der Waals surface area contributed by atoms with Crippen LogP contribution in [0.5, 0.6) is 0 Å². The first-order chi connectivity index (χ1) is 15.0. The molecule has 2 aromatic rings. The number of nitrogens with one attached hydrogen (secondary N) is 1. The van der Waals surface area contributed by atoms with E-state index in [2.05, 4.69) is 24.1 Å². The van der Waals surface area contributed by atoms with Gasteiger partial charge in [0.05, 0.1) is 12.7 Å². The average molecular weight is 438 g/mol. The van der Waals surface area contributed by atoms with Crippen molar-refractivity contribution in [1.82, 2.24) is 0 Å². The van der Waals surface area contributed by atoms with Crippen molar-refractivity contribution in [3.8, 4) is 6.07 Å². The molecule has 7 heteroatoms. The predicted octanol–water partition coefficient (Wildman–Crippen LogP) is 4.81. The van der Waals surface area contributed by atoms with Gasteiger partial charge in [0, 0.05) is 23.7 Å². The third-order valence-corrected chi connectivity index (χ3v) is 6.69. The Morgan fingerprint density at radius 3 is 2.48 bits per heavy atom. The van der Waals surface area contributed by atoms with Crippen LogP contribution in [0.3, 0.4) is 0 Å². The molecule has 1 aliphatic carbocycles. The number of carbonyl (C=O) groups excluding carboxylic acids is 2. The van der Waals surface area contributed by atoms with Crippen LogP contribution in [-0.2, 0) is 22.4 Å². The summed E-state index contributed by atoms with van der Waals surface area (Å²) in [5, 5.41) is 12.8. The van der Waals surface area contributed by atoms with Gasteiger partial charge in [-0.3, -0.25) is 4.79 Å². The minimum absolute atomic E-state index is 0.0159. The van der Waals surface area contributed by atoms with Crippen molar-refractivity contribution in [3.05, 3.63) is 51.4 Å². The second kappa shape index (κ2) is 10.3. The number of anilines is 2. The van der Waals surface area contributed by atoms with Crippen molar-refractivity contribution in [2.75, 3.05) is 30.4 Å². The fourth-order valence-corrected chi connectivity index (χ4v) is 5.10. The molecule has 0 spiro atoms. The van der Waals surface area contributed by atoms with Gasteiger partial charge in [-0.15, -0.1) is 11.3 Å². The van der Waals surface area contributed by atoms with E-state index in [0.29, 0.717) is 10.6 Å².